The van der Waals surface area contributed by atoms with E-state index in [0.29, 0.717) is 12.6 Å². The molecule has 0 amide bonds. The van der Waals surface area contributed by atoms with Gasteiger partial charge in [0.1, 0.15) is 0 Å². The van der Waals surface area contributed by atoms with E-state index in [0.717, 1.165) is 29.1 Å². The number of rotatable bonds is 6. The zero-order valence-electron chi connectivity index (χ0n) is 16.9. The summed E-state index contributed by atoms with van der Waals surface area (Å²) in [5, 5.41) is 11.2. The molecule has 1 saturated heterocycles. The molecule has 9 heteroatoms. The summed E-state index contributed by atoms with van der Waals surface area (Å²) in [6, 6.07) is 4.80. The number of nitrogens with zero attached hydrogens (tertiary/aromatic N) is 4. The molecule has 1 aliphatic rings. The van der Waals surface area contributed by atoms with Crippen molar-refractivity contribution in [2.45, 2.75) is 32.4 Å². The van der Waals surface area contributed by atoms with Crippen LogP contribution >= 0.6 is 46.7 Å². The molecule has 3 aromatic rings. The molecule has 0 aliphatic carbocycles. The maximum Gasteiger partial charge on any atom is 0.193 e. The topological polar surface area (TPSA) is 57.0 Å². The van der Waals surface area contributed by atoms with Gasteiger partial charge < -0.3 is 10.6 Å². The summed E-state index contributed by atoms with van der Waals surface area (Å²) in [6.07, 6.45) is 6.67. The second-order valence-corrected chi connectivity index (χ2v) is 9.23. The van der Waals surface area contributed by atoms with Crippen LogP contribution < -0.4 is 10.6 Å². The van der Waals surface area contributed by atoms with E-state index in [1.54, 1.807) is 11.3 Å². The van der Waals surface area contributed by atoms with Gasteiger partial charge in [-0.05, 0) is 43.3 Å². The van der Waals surface area contributed by atoms with Gasteiger partial charge in [-0.3, -0.25) is 14.3 Å². The summed E-state index contributed by atoms with van der Waals surface area (Å²) in [4.78, 5) is 14.1. The van der Waals surface area contributed by atoms with Gasteiger partial charge in [-0.25, -0.2) is 4.98 Å². The van der Waals surface area contributed by atoms with Crippen LogP contribution in [0.1, 0.15) is 36.4 Å². The Kier molecular flexibility index (Phi) is 8.34. The highest BCUT2D eigenvalue weighted by atomic mass is 127. The van der Waals surface area contributed by atoms with E-state index in [1.807, 2.05) is 30.0 Å². The second kappa shape index (κ2) is 10.7. The Hall–Kier alpha value is -1.17. The lowest BCUT2D eigenvalue weighted by atomic mass is 9.97. The standard InChI is InChI=1S/C20H28N6S2.HI/c1-15-5-7-25(8-6-15)17(18-4-3-10-27-18)13-23-19(21-2)22-12-16-14-26-9-11-28-20(26)24-16;/h3-4,9-11,14-15,17H,5-8,12-13H2,1-2H3,(H2,21,22,23);1H. The first-order valence-electron chi connectivity index (χ1n) is 9.86. The third-order valence-electron chi connectivity index (χ3n) is 5.40. The number of fused-ring (bicyclic) bond motifs is 1. The number of hydrogen-bond acceptors (Lipinski definition) is 5. The Balaban J connectivity index is 0.00000240. The highest BCUT2D eigenvalue weighted by Gasteiger charge is 2.25. The number of nitrogens with one attached hydrogen (secondary N) is 2. The van der Waals surface area contributed by atoms with E-state index in [4.69, 9.17) is 0 Å². The zero-order chi connectivity index (χ0) is 19.3. The maximum atomic E-state index is 4.63. The highest BCUT2D eigenvalue weighted by molar-refractivity contribution is 14.0. The average Bonchev–Trinajstić information content (AvgIpc) is 3.43. The minimum absolute atomic E-state index is 0. The van der Waals surface area contributed by atoms with Crippen molar-refractivity contribution in [2.24, 2.45) is 10.9 Å². The quantitative estimate of drug-likeness (QED) is 0.277. The van der Waals surface area contributed by atoms with Crippen LogP contribution in [0.15, 0.2) is 40.3 Å². The van der Waals surface area contributed by atoms with E-state index >= 15 is 0 Å². The van der Waals surface area contributed by atoms with Gasteiger partial charge >= 0.3 is 0 Å². The fraction of sp³-hybridized carbons (Fsp3) is 0.500. The van der Waals surface area contributed by atoms with Crippen LogP contribution in [-0.2, 0) is 6.54 Å². The first kappa shape index (κ1) is 22.5. The molecule has 1 atom stereocenters. The highest BCUT2D eigenvalue weighted by Crippen LogP contribution is 2.29. The molecule has 1 fully saturated rings. The molecule has 3 aromatic heterocycles. The molecular formula is C20H29IN6S2. The summed E-state index contributed by atoms with van der Waals surface area (Å²) in [7, 11) is 1.82. The first-order chi connectivity index (χ1) is 13.7. The lowest BCUT2D eigenvalue weighted by Gasteiger charge is -2.36. The third kappa shape index (κ3) is 5.71. The number of thiophene rings is 1. The molecule has 0 bridgehead atoms. The molecule has 6 nitrogen and oxygen atoms in total. The van der Waals surface area contributed by atoms with Crippen molar-refractivity contribution in [3.8, 4) is 0 Å². The van der Waals surface area contributed by atoms with E-state index in [1.165, 1.54) is 30.8 Å². The number of halogens is 1. The Morgan fingerprint density at radius 1 is 1.28 bits per heavy atom. The molecule has 0 spiro atoms. The molecule has 0 saturated carbocycles. The predicted octanol–water partition coefficient (Wildman–Crippen LogP) is 4.21. The van der Waals surface area contributed by atoms with Gasteiger partial charge in [0.25, 0.3) is 0 Å². The van der Waals surface area contributed by atoms with Crippen LogP contribution in [0.4, 0.5) is 0 Å². The molecule has 158 valence electrons. The van der Waals surface area contributed by atoms with E-state index in [-0.39, 0.29) is 24.0 Å². The molecule has 0 radical (unpaired) electrons. The van der Waals surface area contributed by atoms with Crippen molar-refractivity contribution < 1.29 is 0 Å². The predicted molar refractivity (Wildman–Crippen MR) is 134 cm³/mol. The summed E-state index contributed by atoms with van der Waals surface area (Å²) in [5.74, 6) is 1.66. The van der Waals surface area contributed by atoms with E-state index < -0.39 is 0 Å². The maximum absolute atomic E-state index is 4.63. The van der Waals surface area contributed by atoms with Gasteiger partial charge in [0.05, 0.1) is 18.3 Å². The van der Waals surface area contributed by atoms with Crippen LogP contribution in [0.2, 0.25) is 0 Å². The number of guanidine groups is 1. The largest absolute Gasteiger partial charge is 0.354 e. The monoisotopic (exact) mass is 544 g/mol. The van der Waals surface area contributed by atoms with Crippen LogP contribution in [-0.4, -0.2) is 46.9 Å². The third-order valence-corrected chi connectivity index (χ3v) is 7.14. The number of likely N-dealkylation sites (tertiary alicyclic amines) is 1. The SMILES string of the molecule is CN=C(NCc1cn2ccsc2n1)NCC(c1cccs1)N1CCC(C)CC1.I. The normalized spacial score (nSPS) is 17.2. The number of piperidine rings is 1. The Labute approximate surface area is 197 Å². The van der Waals surface area contributed by atoms with Gasteiger partial charge in [0.15, 0.2) is 10.9 Å². The fourth-order valence-electron chi connectivity index (χ4n) is 3.68. The van der Waals surface area contributed by atoms with Crippen molar-refractivity contribution >= 4 is 57.6 Å². The molecule has 2 N–H and O–H groups in total. The fourth-order valence-corrected chi connectivity index (χ4v) is 5.26. The van der Waals surface area contributed by atoms with Crippen LogP contribution in [0.3, 0.4) is 0 Å². The molecule has 1 aliphatic heterocycles. The molecule has 4 rings (SSSR count). The van der Waals surface area contributed by atoms with Crippen molar-refractivity contribution in [1.29, 1.82) is 0 Å². The molecule has 29 heavy (non-hydrogen) atoms. The van der Waals surface area contributed by atoms with Crippen LogP contribution in [0, 0.1) is 5.92 Å². The molecular weight excluding hydrogens is 515 g/mol. The number of hydrogen-bond donors (Lipinski definition) is 2. The van der Waals surface area contributed by atoms with Crippen LogP contribution in [0.25, 0.3) is 4.96 Å². The zero-order valence-corrected chi connectivity index (χ0v) is 20.8. The Bertz CT molecular complexity index is 867. The van der Waals surface area contributed by atoms with E-state index in [2.05, 4.69) is 60.5 Å². The van der Waals surface area contributed by atoms with Crippen molar-refractivity contribution in [2.75, 3.05) is 26.7 Å². The molecule has 1 unspecified atom stereocenters. The van der Waals surface area contributed by atoms with Crippen LogP contribution in [0.5, 0.6) is 0 Å². The summed E-state index contributed by atoms with van der Waals surface area (Å²) >= 11 is 3.50. The minimum Gasteiger partial charge on any atom is -0.354 e. The summed E-state index contributed by atoms with van der Waals surface area (Å²) < 4.78 is 2.06. The number of aromatic nitrogens is 2. The first-order valence-corrected chi connectivity index (χ1v) is 11.6. The van der Waals surface area contributed by atoms with Gasteiger partial charge in [-0.15, -0.1) is 46.7 Å². The lowest BCUT2D eigenvalue weighted by molar-refractivity contribution is 0.140. The van der Waals surface area contributed by atoms with Crippen molar-refractivity contribution in [3.63, 3.8) is 0 Å². The number of imidazole rings is 1. The Morgan fingerprint density at radius 3 is 2.79 bits per heavy atom. The number of aliphatic imine (C=N–C) groups is 1. The van der Waals surface area contributed by atoms with Crippen molar-refractivity contribution in [3.05, 3.63) is 45.9 Å². The summed E-state index contributed by atoms with van der Waals surface area (Å²) in [6.45, 7) is 6.22. The molecule has 4 heterocycles. The number of thiazole rings is 1. The summed E-state index contributed by atoms with van der Waals surface area (Å²) in [5.41, 5.74) is 1.02. The second-order valence-electron chi connectivity index (χ2n) is 7.38. The van der Waals surface area contributed by atoms with Crippen molar-refractivity contribution in [1.82, 2.24) is 24.9 Å². The van der Waals surface area contributed by atoms with E-state index in [9.17, 15) is 0 Å². The lowest BCUT2D eigenvalue weighted by Crippen LogP contribution is -2.44. The molecule has 0 aromatic carbocycles. The Morgan fingerprint density at radius 2 is 2.10 bits per heavy atom. The minimum atomic E-state index is 0. The van der Waals surface area contributed by atoms with Gasteiger partial charge in [0, 0.05) is 36.2 Å². The van der Waals surface area contributed by atoms with Gasteiger partial charge in [-0.1, -0.05) is 13.0 Å². The van der Waals surface area contributed by atoms with Gasteiger partial charge in [0.2, 0.25) is 0 Å². The average molecular weight is 545 g/mol. The van der Waals surface area contributed by atoms with Gasteiger partial charge in [-0.2, -0.15) is 0 Å². The smallest absolute Gasteiger partial charge is 0.193 e.